The highest BCUT2D eigenvalue weighted by molar-refractivity contribution is 5.55. The SMILES string of the molecule is Cc1ccccc1COc1cccc(CNc2ccc3c(c2)OCO3)c1. The van der Waals surface area contributed by atoms with E-state index >= 15 is 0 Å². The first-order valence-electron chi connectivity index (χ1n) is 8.68. The van der Waals surface area contributed by atoms with Crippen LogP contribution in [-0.4, -0.2) is 6.79 Å². The number of hydrogen-bond acceptors (Lipinski definition) is 4. The van der Waals surface area contributed by atoms with Crippen molar-refractivity contribution in [3.8, 4) is 17.2 Å². The Kier molecular flexibility index (Phi) is 4.65. The van der Waals surface area contributed by atoms with Gasteiger partial charge in [-0.1, -0.05) is 36.4 Å². The van der Waals surface area contributed by atoms with Gasteiger partial charge in [-0.2, -0.15) is 0 Å². The third-order valence-electron chi connectivity index (χ3n) is 4.42. The first-order valence-corrected chi connectivity index (χ1v) is 8.68. The van der Waals surface area contributed by atoms with Gasteiger partial charge in [-0.25, -0.2) is 0 Å². The van der Waals surface area contributed by atoms with Crippen LogP contribution in [0.15, 0.2) is 66.7 Å². The molecule has 132 valence electrons. The zero-order valence-electron chi connectivity index (χ0n) is 14.7. The van der Waals surface area contributed by atoms with Crippen LogP contribution in [0.25, 0.3) is 0 Å². The molecule has 1 heterocycles. The van der Waals surface area contributed by atoms with Gasteiger partial charge in [-0.05, 0) is 47.9 Å². The van der Waals surface area contributed by atoms with Gasteiger partial charge in [0, 0.05) is 18.3 Å². The molecule has 0 saturated heterocycles. The molecular formula is C22H21NO3. The molecule has 0 saturated carbocycles. The predicted molar refractivity (Wildman–Crippen MR) is 102 cm³/mol. The van der Waals surface area contributed by atoms with Crippen LogP contribution in [0.3, 0.4) is 0 Å². The van der Waals surface area contributed by atoms with Crippen molar-refractivity contribution in [2.24, 2.45) is 0 Å². The minimum absolute atomic E-state index is 0.291. The second-order valence-electron chi connectivity index (χ2n) is 6.28. The minimum Gasteiger partial charge on any atom is -0.489 e. The molecule has 3 aromatic carbocycles. The summed E-state index contributed by atoms with van der Waals surface area (Å²) in [7, 11) is 0. The lowest BCUT2D eigenvalue weighted by molar-refractivity contribution is 0.174. The number of nitrogens with one attached hydrogen (secondary N) is 1. The van der Waals surface area contributed by atoms with Gasteiger partial charge in [0.1, 0.15) is 12.4 Å². The van der Waals surface area contributed by atoms with Crippen molar-refractivity contribution in [3.05, 3.63) is 83.4 Å². The summed E-state index contributed by atoms with van der Waals surface area (Å²) in [5, 5.41) is 3.41. The van der Waals surface area contributed by atoms with Crippen molar-refractivity contribution in [1.29, 1.82) is 0 Å². The molecule has 0 radical (unpaired) electrons. The Bertz CT molecular complexity index is 907. The average Bonchev–Trinajstić information content (AvgIpc) is 3.14. The van der Waals surface area contributed by atoms with Crippen molar-refractivity contribution in [3.63, 3.8) is 0 Å². The Labute approximate surface area is 153 Å². The van der Waals surface area contributed by atoms with Crippen LogP contribution in [0.4, 0.5) is 5.69 Å². The summed E-state index contributed by atoms with van der Waals surface area (Å²) < 4.78 is 16.7. The van der Waals surface area contributed by atoms with E-state index in [2.05, 4.69) is 36.5 Å². The molecule has 0 spiro atoms. The summed E-state index contributed by atoms with van der Waals surface area (Å²) in [6.45, 7) is 3.68. The smallest absolute Gasteiger partial charge is 0.231 e. The Hall–Kier alpha value is -3.14. The third kappa shape index (κ3) is 3.75. The highest BCUT2D eigenvalue weighted by Crippen LogP contribution is 2.34. The third-order valence-corrected chi connectivity index (χ3v) is 4.42. The molecular weight excluding hydrogens is 326 g/mol. The van der Waals surface area contributed by atoms with Crippen LogP contribution in [0.2, 0.25) is 0 Å². The van der Waals surface area contributed by atoms with Gasteiger partial charge in [0.2, 0.25) is 6.79 Å². The normalized spacial score (nSPS) is 12.0. The van der Waals surface area contributed by atoms with E-state index in [9.17, 15) is 0 Å². The van der Waals surface area contributed by atoms with Crippen molar-refractivity contribution in [1.82, 2.24) is 0 Å². The van der Waals surface area contributed by atoms with Gasteiger partial charge in [0.25, 0.3) is 0 Å². The Morgan fingerprint density at radius 1 is 0.923 bits per heavy atom. The van der Waals surface area contributed by atoms with E-state index in [-0.39, 0.29) is 0 Å². The molecule has 4 rings (SSSR count). The molecule has 1 aliphatic rings. The highest BCUT2D eigenvalue weighted by Gasteiger charge is 2.12. The molecule has 26 heavy (non-hydrogen) atoms. The molecule has 0 aromatic heterocycles. The fourth-order valence-corrected chi connectivity index (χ4v) is 2.89. The molecule has 1 N–H and O–H groups in total. The largest absolute Gasteiger partial charge is 0.489 e. The van der Waals surface area contributed by atoms with E-state index in [0.29, 0.717) is 19.9 Å². The number of ether oxygens (including phenoxy) is 3. The van der Waals surface area contributed by atoms with E-state index in [1.165, 1.54) is 11.1 Å². The Balaban J connectivity index is 1.37. The van der Waals surface area contributed by atoms with Crippen molar-refractivity contribution >= 4 is 5.69 Å². The molecule has 0 fully saturated rings. The molecule has 0 unspecified atom stereocenters. The van der Waals surface area contributed by atoms with Gasteiger partial charge in [-0.15, -0.1) is 0 Å². The first-order chi connectivity index (χ1) is 12.8. The van der Waals surface area contributed by atoms with Crippen molar-refractivity contribution in [2.45, 2.75) is 20.1 Å². The monoisotopic (exact) mass is 347 g/mol. The summed E-state index contributed by atoms with van der Waals surface area (Å²) in [5.74, 6) is 2.45. The lowest BCUT2D eigenvalue weighted by Crippen LogP contribution is -2.01. The summed E-state index contributed by atoms with van der Waals surface area (Å²) in [6, 6.07) is 22.3. The van der Waals surface area contributed by atoms with Gasteiger partial charge >= 0.3 is 0 Å². The molecule has 3 aromatic rings. The molecule has 0 amide bonds. The summed E-state index contributed by atoms with van der Waals surface area (Å²) >= 11 is 0. The van der Waals surface area contributed by atoms with Crippen LogP contribution < -0.4 is 19.5 Å². The van der Waals surface area contributed by atoms with Crippen LogP contribution in [-0.2, 0) is 13.2 Å². The Morgan fingerprint density at radius 3 is 2.73 bits per heavy atom. The van der Waals surface area contributed by atoms with E-state index in [1.807, 2.05) is 42.5 Å². The number of rotatable bonds is 6. The number of hydrogen-bond donors (Lipinski definition) is 1. The molecule has 0 aliphatic carbocycles. The number of aryl methyl sites for hydroxylation is 1. The van der Waals surface area contributed by atoms with Crippen LogP contribution >= 0.6 is 0 Å². The molecule has 0 bridgehead atoms. The fraction of sp³-hybridized carbons (Fsp3) is 0.182. The molecule has 0 atom stereocenters. The molecule has 1 aliphatic heterocycles. The van der Waals surface area contributed by atoms with Crippen molar-refractivity contribution in [2.75, 3.05) is 12.1 Å². The summed E-state index contributed by atoms with van der Waals surface area (Å²) in [4.78, 5) is 0. The minimum atomic E-state index is 0.291. The Morgan fingerprint density at radius 2 is 1.81 bits per heavy atom. The zero-order chi connectivity index (χ0) is 17.8. The van der Waals surface area contributed by atoms with Gasteiger partial charge < -0.3 is 19.5 Å². The van der Waals surface area contributed by atoms with E-state index < -0.39 is 0 Å². The van der Waals surface area contributed by atoms with Gasteiger partial charge in [0.05, 0.1) is 0 Å². The number of fused-ring (bicyclic) bond motifs is 1. The van der Waals surface area contributed by atoms with E-state index in [0.717, 1.165) is 28.5 Å². The zero-order valence-corrected chi connectivity index (χ0v) is 14.7. The lowest BCUT2D eigenvalue weighted by Gasteiger charge is -2.11. The molecule has 4 heteroatoms. The topological polar surface area (TPSA) is 39.7 Å². The van der Waals surface area contributed by atoms with Gasteiger partial charge in [-0.3, -0.25) is 0 Å². The van der Waals surface area contributed by atoms with Crippen molar-refractivity contribution < 1.29 is 14.2 Å². The lowest BCUT2D eigenvalue weighted by atomic mass is 10.1. The highest BCUT2D eigenvalue weighted by atomic mass is 16.7. The summed E-state index contributed by atoms with van der Waals surface area (Å²) in [5.41, 5.74) is 4.61. The average molecular weight is 347 g/mol. The second-order valence-corrected chi connectivity index (χ2v) is 6.28. The van der Waals surface area contributed by atoms with Crippen LogP contribution in [0.5, 0.6) is 17.2 Å². The maximum absolute atomic E-state index is 5.96. The maximum Gasteiger partial charge on any atom is 0.231 e. The first kappa shape index (κ1) is 16.3. The number of anilines is 1. The quantitative estimate of drug-likeness (QED) is 0.687. The van der Waals surface area contributed by atoms with Crippen LogP contribution in [0.1, 0.15) is 16.7 Å². The standard InChI is InChI=1S/C22H21NO3/c1-16-5-2-3-7-18(16)14-24-20-8-4-6-17(11-20)13-23-19-9-10-21-22(12-19)26-15-25-21/h2-12,23H,13-15H2,1H3. The van der Waals surface area contributed by atoms with E-state index in [1.54, 1.807) is 0 Å². The van der Waals surface area contributed by atoms with Gasteiger partial charge in [0.15, 0.2) is 11.5 Å². The fourth-order valence-electron chi connectivity index (χ4n) is 2.89. The predicted octanol–water partition coefficient (Wildman–Crippen LogP) is 4.91. The number of benzene rings is 3. The maximum atomic E-state index is 5.96. The summed E-state index contributed by atoms with van der Waals surface area (Å²) in [6.07, 6.45) is 0. The molecule has 4 nitrogen and oxygen atoms in total. The van der Waals surface area contributed by atoms with Crippen LogP contribution in [0, 0.1) is 6.92 Å². The second kappa shape index (κ2) is 7.40. The van der Waals surface area contributed by atoms with E-state index in [4.69, 9.17) is 14.2 Å².